The van der Waals surface area contributed by atoms with Crippen molar-refractivity contribution in [2.24, 2.45) is 0 Å². The number of halogens is 1. The third-order valence-corrected chi connectivity index (χ3v) is 3.20. The summed E-state index contributed by atoms with van der Waals surface area (Å²) in [5.41, 5.74) is 1.85. The fourth-order valence-corrected chi connectivity index (χ4v) is 2.03. The highest BCUT2D eigenvalue weighted by Crippen LogP contribution is 2.05. The van der Waals surface area contributed by atoms with Gasteiger partial charge in [0, 0.05) is 25.5 Å². The number of nitrogens with zero attached hydrogens (tertiary/aromatic N) is 2. The van der Waals surface area contributed by atoms with Gasteiger partial charge in [0.25, 0.3) is 0 Å². The van der Waals surface area contributed by atoms with Crippen molar-refractivity contribution in [3.05, 3.63) is 36.3 Å². The Morgan fingerprint density at radius 1 is 1.61 bits per heavy atom. The second-order valence-corrected chi connectivity index (χ2v) is 4.93. The number of carbonyl (C=O) groups is 1. The SMILES string of the molecule is COC(=O)C(Br)CNCc1cn2ccccc2n1. The van der Waals surface area contributed by atoms with Crippen molar-refractivity contribution in [1.29, 1.82) is 0 Å². The van der Waals surface area contributed by atoms with Gasteiger partial charge in [-0.2, -0.15) is 0 Å². The Kier molecular flexibility index (Phi) is 4.33. The molecule has 6 heteroatoms. The fourth-order valence-electron chi connectivity index (χ4n) is 1.61. The number of imidazole rings is 1. The van der Waals surface area contributed by atoms with Gasteiger partial charge in [0.15, 0.2) is 0 Å². The number of alkyl halides is 1. The summed E-state index contributed by atoms with van der Waals surface area (Å²) in [5, 5.41) is 3.15. The fraction of sp³-hybridized carbons (Fsp3) is 0.333. The lowest BCUT2D eigenvalue weighted by Crippen LogP contribution is -2.29. The second kappa shape index (κ2) is 5.97. The van der Waals surface area contributed by atoms with E-state index in [1.54, 1.807) is 0 Å². The van der Waals surface area contributed by atoms with Crippen LogP contribution in [0.15, 0.2) is 30.6 Å². The Balaban J connectivity index is 1.88. The number of rotatable bonds is 5. The molecule has 0 aliphatic heterocycles. The van der Waals surface area contributed by atoms with Crippen molar-refractivity contribution in [3.63, 3.8) is 0 Å². The second-order valence-electron chi connectivity index (χ2n) is 3.82. The highest BCUT2D eigenvalue weighted by atomic mass is 79.9. The summed E-state index contributed by atoms with van der Waals surface area (Å²) >= 11 is 3.25. The van der Waals surface area contributed by atoms with Gasteiger partial charge < -0.3 is 14.5 Å². The van der Waals surface area contributed by atoms with Gasteiger partial charge in [0.05, 0.1) is 12.8 Å². The van der Waals surface area contributed by atoms with Crippen molar-refractivity contribution >= 4 is 27.5 Å². The van der Waals surface area contributed by atoms with E-state index in [2.05, 4.69) is 31.0 Å². The maximum Gasteiger partial charge on any atom is 0.320 e. The van der Waals surface area contributed by atoms with Crippen LogP contribution in [0.4, 0.5) is 0 Å². The number of fused-ring (bicyclic) bond motifs is 1. The quantitative estimate of drug-likeness (QED) is 0.669. The highest BCUT2D eigenvalue weighted by Gasteiger charge is 2.14. The lowest BCUT2D eigenvalue weighted by molar-refractivity contribution is -0.139. The Hall–Kier alpha value is -1.40. The predicted molar refractivity (Wildman–Crippen MR) is 71.6 cm³/mol. The number of aromatic nitrogens is 2. The van der Waals surface area contributed by atoms with Gasteiger partial charge in [-0.3, -0.25) is 4.79 Å². The zero-order chi connectivity index (χ0) is 13.0. The van der Waals surface area contributed by atoms with Gasteiger partial charge in [-0.15, -0.1) is 0 Å². The number of hydrogen-bond donors (Lipinski definition) is 1. The van der Waals surface area contributed by atoms with Crippen LogP contribution in [-0.2, 0) is 16.1 Å². The number of carbonyl (C=O) groups excluding carboxylic acids is 1. The van der Waals surface area contributed by atoms with Gasteiger partial charge in [-0.1, -0.05) is 22.0 Å². The summed E-state index contributed by atoms with van der Waals surface area (Å²) in [6.45, 7) is 1.11. The van der Waals surface area contributed by atoms with Gasteiger partial charge in [0.1, 0.15) is 10.5 Å². The van der Waals surface area contributed by atoms with E-state index in [1.165, 1.54) is 7.11 Å². The van der Waals surface area contributed by atoms with Crippen LogP contribution >= 0.6 is 15.9 Å². The summed E-state index contributed by atoms with van der Waals surface area (Å²) < 4.78 is 6.58. The van der Waals surface area contributed by atoms with Crippen molar-refractivity contribution in [2.45, 2.75) is 11.4 Å². The summed E-state index contributed by atoms with van der Waals surface area (Å²) in [4.78, 5) is 15.3. The largest absolute Gasteiger partial charge is 0.468 e. The maximum absolute atomic E-state index is 11.2. The van der Waals surface area contributed by atoms with E-state index >= 15 is 0 Å². The average molecular weight is 312 g/mol. The number of methoxy groups -OCH3 is 1. The number of pyridine rings is 1. The van der Waals surface area contributed by atoms with E-state index in [1.807, 2.05) is 35.0 Å². The van der Waals surface area contributed by atoms with E-state index in [0.29, 0.717) is 13.1 Å². The molecule has 0 aliphatic rings. The van der Waals surface area contributed by atoms with Crippen molar-refractivity contribution < 1.29 is 9.53 Å². The van der Waals surface area contributed by atoms with Crippen molar-refractivity contribution in [2.75, 3.05) is 13.7 Å². The van der Waals surface area contributed by atoms with Crippen LogP contribution in [0.5, 0.6) is 0 Å². The first-order valence-electron chi connectivity index (χ1n) is 5.56. The van der Waals surface area contributed by atoms with Crippen molar-refractivity contribution in [1.82, 2.24) is 14.7 Å². The number of hydrogen-bond acceptors (Lipinski definition) is 4. The molecule has 0 saturated carbocycles. The minimum Gasteiger partial charge on any atom is -0.468 e. The standard InChI is InChI=1S/C12H14BrN3O2/c1-18-12(17)10(13)7-14-6-9-8-16-5-3-2-4-11(16)15-9/h2-5,8,10,14H,6-7H2,1H3. The highest BCUT2D eigenvalue weighted by molar-refractivity contribution is 9.10. The average Bonchev–Trinajstić information content (AvgIpc) is 2.80. The number of ether oxygens (including phenoxy) is 1. The molecule has 2 heterocycles. The molecule has 18 heavy (non-hydrogen) atoms. The van der Waals surface area contributed by atoms with Gasteiger partial charge in [-0.25, -0.2) is 4.98 Å². The normalized spacial score (nSPS) is 12.6. The minimum absolute atomic E-state index is 0.280. The van der Waals surface area contributed by atoms with Crippen LogP contribution in [0.3, 0.4) is 0 Å². The Morgan fingerprint density at radius 2 is 2.44 bits per heavy atom. The molecule has 2 rings (SSSR count). The maximum atomic E-state index is 11.2. The van der Waals surface area contributed by atoms with Crippen LogP contribution < -0.4 is 5.32 Å². The van der Waals surface area contributed by atoms with Crippen LogP contribution in [0.25, 0.3) is 5.65 Å². The van der Waals surface area contributed by atoms with Crippen LogP contribution in [0.1, 0.15) is 5.69 Å². The molecule has 0 aromatic carbocycles. The molecule has 1 N–H and O–H groups in total. The van der Waals surface area contributed by atoms with Crippen LogP contribution in [-0.4, -0.2) is 33.8 Å². The molecule has 2 aromatic heterocycles. The molecule has 0 saturated heterocycles. The molecule has 1 unspecified atom stereocenters. The summed E-state index contributed by atoms with van der Waals surface area (Å²) in [7, 11) is 1.37. The summed E-state index contributed by atoms with van der Waals surface area (Å²) in [6, 6.07) is 5.86. The van der Waals surface area contributed by atoms with E-state index in [-0.39, 0.29) is 10.8 Å². The molecule has 96 valence electrons. The number of esters is 1. The first kappa shape index (κ1) is 13.0. The van der Waals surface area contributed by atoms with Gasteiger partial charge in [-0.05, 0) is 12.1 Å². The molecule has 0 spiro atoms. The van der Waals surface area contributed by atoms with Crippen molar-refractivity contribution in [3.8, 4) is 0 Å². The third kappa shape index (κ3) is 3.08. The summed E-state index contributed by atoms with van der Waals surface area (Å²) in [6.07, 6.45) is 3.91. The smallest absolute Gasteiger partial charge is 0.320 e. The Labute approximate surface area is 113 Å². The molecule has 0 bridgehead atoms. The lowest BCUT2D eigenvalue weighted by atomic mass is 10.4. The Morgan fingerprint density at radius 3 is 3.17 bits per heavy atom. The van der Waals surface area contributed by atoms with Crippen LogP contribution in [0, 0.1) is 0 Å². The topological polar surface area (TPSA) is 55.6 Å². The van der Waals surface area contributed by atoms with E-state index in [9.17, 15) is 4.79 Å². The van der Waals surface area contributed by atoms with Gasteiger partial charge in [0.2, 0.25) is 0 Å². The van der Waals surface area contributed by atoms with Crippen LogP contribution in [0.2, 0.25) is 0 Å². The summed E-state index contributed by atoms with van der Waals surface area (Å²) in [5.74, 6) is -0.280. The number of nitrogens with one attached hydrogen (secondary N) is 1. The first-order valence-corrected chi connectivity index (χ1v) is 6.47. The molecule has 1 atom stereocenters. The minimum atomic E-state index is -0.334. The van der Waals surface area contributed by atoms with E-state index < -0.39 is 0 Å². The molecule has 0 aliphatic carbocycles. The van der Waals surface area contributed by atoms with E-state index in [0.717, 1.165) is 11.3 Å². The molecular formula is C12H14BrN3O2. The molecule has 0 radical (unpaired) electrons. The zero-order valence-corrected chi connectivity index (χ0v) is 11.6. The van der Waals surface area contributed by atoms with E-state index in [4.69, 9.17) is 0 Å². The zero-order valence-electron chi connectivity index (χ0n) is 9.97. The monoisotopic (exact) mass is 311 g/mol. The molecular weight excluding hydrogens is 298 g/mol. The first-order chi connectivity index (χ1) is 8.70. The van der Waals surface area contributed by atoms with Gasteiger partial charge >= 0.3 is 5.97 Å². The molecule has 5 nitrogen and oxygen atoms in total. The predicted octanol–water partition coefficient (Wildman–Crippen LogP) is 1.36. The Bertz CT molecular complexity index is 508. The molecule has 0 fully saturated rings. The molecule has 0 amide bonds. The lowest BCUT2D eigenvalue weighted by Gasteiger charge is -2.07. The third-order valence-electron chi connectivity index (χ3n) is 2.50. The molecule has 2 aromatic rings.